The van der Waals surface area contributed by atoms with Crippen LogP contribution in [0, 0.1) is 0 Å². The van der Waals surface area contributed by atoms with Gasteiger partial charge in [0.15, 0.2) is 0 Å². The summed E-state index contributed by atoms with van der Waals surface area (Å²) in [6.07, 6.45) is 0.695. The Morgan fingerprint density at radius 1 is 1.48 bits per heavy atom. The second-order valence-corrected chi connectivity index (χ2v) is 9.80. The minimum absolute atomic E-state index is 0.0807. The predicted molar refractivity (Wildman–Crippen MR) is 81.2 cm³/mol. The molecule has 120 valence electrons. The van der Waals surface area contributed by atoms with Gasteiger partial charge in [0.05, 0.1) is 0 Å². The Bertz CT molecular complexity index is 724. The Morgan fingerprint density at radius 3 is 2.67 bits per heavy atom. The average molecular weight is 353 g/mol. The SMILES string of the molecule is CCCN1C[C@H](NCC)c2cc(S(N)(=O)=O)sc2S1(=O)=O. The zero-order valence-electron chi connectivity index (χ0n) is 11.9. The molecule has 1 atom stereocenters. The minimum Gasteiger partial charge on any atom is -0.309 e. The van der Waals surface area contributed by atoms with Crippen LogP contribution in [0.2, 0.25) is 0 Å². The van der Waals surface area contributed by atoms with Gasteiger partial charge in [0.25, 0.3) is 10.0 Å². The van der Waals surface area contributed by atoms with Crippen LogP contribution in [0.15, 0.2) is 14.5 Å². The van der Waals surface area contributed by atoms with Crippen molar-refractivity contribution in [2.24, 2.45) is 5.14 Å². The lowest BCUT2D eigenvalue weighted by molar-refractivity contribution is 0.344. The molecule has 0 unspecified atom stereocenters. The number of thiophene rings is 1. The zero-order chi connectivity index (χ0) is 15.8. The van der Waals surface area contributed by atoms with E-state index in [1.54, 1.807) is 0 Å². The third-order valence-corrected chi connectivity index (χ3v) is 8.21. The molecule has 0 saturated carbocycles. The van der Waals surface area contributed by atoms with Crippen LogP contribution in [0.5, 0.6) is 0 Å². The van der Waals surface area contributed by atoms with Crippen molar-refractivity contribution in [3.8, 4) is 0 Å². The topological polar surface area (TPSA) is 110 Å². The molecule has 0 aromatic carbocycles. The van der Waals surface area contributed by atoms with Gasteiger partial charge >= 0.3 is 0 Å². The van der Waals surface area contributed by atoms with Gasteiger partial charge in [-0.3, -0.25) is 0 Å². The van der Waals surface area contributed by atoms with Gasteiger partial charge in [-0.15, -0.1) is 11.3 Å². The predicted octanol–water partition coefficient (Wildman–Crippen LogP) is 0.460. The van der Waals surface area contributed by atoms with Crippen LogP contribution < -0.4 is 10.5 Å². The van der Waals surface area contributed by atoms with Crippen molar-refractivity contribution in [3.63, 3.8) is 0 Å². The van der Waals surface area contributed by atoms with E-state index in [1.165, 1.54) is 10.4 Å². The smallest absolute Gasteiger partial charge is 0.252 e. The van der Waals surface area contributed by atoms with E-state index >= 15 is 0 Å². The van der Waals surface area contributed by atoms with E-state index in [2.05, 4.69) is 5.32 Å². The number of nitrogens with zero attached hydrogens (tertiary/aromatic N) is 1. The number of rotatable bonds is 5. The summed E-state index contributed by atoms with van der Waals surface area (Å²) in [5.74, 6) is 0. The lowest BCUT2D eigenvalue weighted by atomic mass is 10.1. The van der Waals surface area contributed by atoms with Gasteiger partial charge < -0.3 is 5.32 Å². The van der Waals surface area contributed by atoms with Gasteiger partial charge in [-0.25, -0.2) is 22.0 Å². The van der Waals surface area contributed by atoms with Crippen molar-refractivity contribution in [1.82, 2.24) is 9.62 Å². The summed E-state index contributed by atoms with van der Waals surface area (Å²) < 4.78 is 49.5. The monoisotopic (exact) mass is 353 g/mol. The van der Waals surface area contributed by atoms with E-state index in [-0.39, 0.29) is 14.5 Å². The number of nitrogens with one attached hydrogen (secondary N) is 1. The van der Waals surface area contributed by atoms with E-state index < -0.39 is 20.0 Å². The van der Waals surface area contributed by atoms with Gasteiger partial charge in [0.1, 0.15) is 8.42 Å². The normalized spacial score (nSPS) is 22.1. The molecule has 0 bridgehead atoms. The quantitative estimate of drug-likeness (QED) is 0.799. The average Bonchev–Trinajstić information content (AvgIpc) is 2.82. The first-order valence-corrected chi connectivity index (χ1v) is 10.4. The van der Waals surface area contributed by atoms with Crippen molar-refractivity contribution in [2.75, 3.05) is 19.6 Å². The number of primary sulfonamides is 1. The van der Waals surface area contributed by atoms with Gasteiger partial charge in [0, 0.05) is 24.7 Å². The summed E-state index contributed by atoms with van der Waals surface area (Å²) in [5.41, 5.74) is 0.498. The molecular weight excluding hydrogens is 334 g/mol. The molecule has 0 amide bonds. The maximum Gasteiger partial charge on any atom is 0.252 e. The van der Waals surface area contributed by atoms with Crippen molar-refractivity contribution in [1.29, 1.82) is 0 Å². The molecule has 21 heavy (non-hydrogen) atoms. The van der Waals surface area contributed by atoms with Gasteiger partial charge in [-0.1, -0.05) is 13.8 Å². The van der Waals surface area contributed by atoms with E-state index in [4.69, 9.17) is 5.14 Å². The number of hydrogen-bond acceptors (Lipinski definition) is 6. The van der Waals surface area contributed by atoms with Crippen LogP contribution in [-0.2, 0) is 20.0 Å². The molecule has 3 N–H and O–H groups in total. The summed E-state index contributed by atoms with van der Waals surface area (Å²) in [7, 11) is -7.55. The molecule has 7 nitrogen and oxygen atoms in total. The Balaban J connectivity index is 2.59. The zero-order valence-corrected chi connectivity index (χ0v) is 14.3. The lowest BCUT2D eigenvalue weighted by Gasteiger charge is -2.32. The molecule has 1 aromatic heterocycles. The third-order valence-electron chi connectivity index (χ3n) is 3.24. The molecule has 0 saturated heterocycles. The third kappa shape index (κ3) is 3.15. The van der Waals surface area contributed by atoms with E-state index in [0.717, 1.165) is 11.3 Å². The van der Waals surface area contributed by atoms with Crippen LogP contribution in [0.25, 0.3) is 0 Å². The van der Waals surface area contributed by atoms with Crippen molar-refractivity contribution < 1.29 is 16.8 Å². The highest BCUT2D eigenvalue weighted by Crippen LogP contribution is 2.39. The second kappa shape index (κ2) is 5.94. The number of sulfonamides is 2. The number of hydrogen-bond donors (Lipinski definition) is 2. The summed E-state index contributed by atoms with van der Waals surface area (Å²) >= 11 is 0.726. The maximum absolute atomic E-state index is 12.6. The molecule has 1 aliphatic rings. The molecule has 1 aromatic rings. The van der Waals surface area contributed by atoms with E-state index in [0.29, 0.717) is 31.6 Å². The van der Waals surface area contributed by atoms with E-state index in [1.807, 2.05) is 13.8 Å². The fraction of sp³-hybridized carbons (Fsp3) is 0.636. The number of nitrogens with two attached hydrogens (primary N) is 1. The number of fused-ring (bicyclic) bond motifs is 1. The van der Waals surface area contributed by atoms with Crippen LogP contribution >= 0.6 is 11.3 Å². The Hall–Kier alpha value is -0.520. The second-order valence-electron chi connectivity index (χ2n) is 4.83. The van der Waals surface area contributed by atoms with Gasteiger partial charge in [-0.2, -0.15) is 4.31 Å². The summed E-state index contributed by atoms with van der Waals surface area (Å²) in [6, 6.07) is 1.16. The Labute approximate surface area is 129 Å². The first kappa shape index (κ1) is 16.8. The summed E-state index contributed by atoms with van der Waals surface area (Å²) in [6.45, 7) is 5.19. The minimum atomic E-state index is -3.91. The fourth-order valence-corrected chi connectivity index (χ4v) is 6.71. The van der Waals surface area contributed by atoms with Crippen LogP contribution in [0.3, 0.4) is 0 Å². The fourth-order valence-electron chi connectivity index (χ4n) is 2.35. The molecule has 0 aliphatic carbocycles. The van der Waals surface area contributed by atoms with E-state index in [9.17, 15) is 16.8 Å². The number of likely N-dealkylation sites (N-methyl/N-ethyl adjacent to an activating group) is 1. The highest BCUT2D eigenvalue weighted by molar-refractivity contribution is 7.94. The van der Waals surface area contributed by atoms with Crippen LogP contribution in [-0.4, -0.2) is 40.8 Å². The summed E-state index contributed by atoms with van der Waals surface area (Å²) in [4.78, 5) is 0. The molecule has 2 heterocycles. The van der Waals surface area contributed by atoms with Crippen LogP contribution in [0.4, 0.5) is 0 Å². The van der Waals surface area contributed by atoms with Crippen LogP contribution in [0.1, 0.15) is 31.9 Å². The highest BCUT2D eigenvalue weighted by atomic mass is 32.3. The largest absolute Gasteiger partial charge is 0.309 e. The first-order valence-electron chi connectivity index (χ1n) is 6.61. The van der Waals surface area contributed by atoms with Crippen molar-refractivity contribution in [3.05, 3.63) is 11.6 Å². The van der Waals surface area contributed by atoms with Crippen molar-refractivity contribution >= 4 is 31.4 Å². The molecular formula is C11H19N3O4S3. The molecule has 1 aliphatic heterocycles. The Kier molecular flexibility index (Phi) is 4.76. The first-order chi connectivity index (χ1) is 9.71. The molecule has 0 fully saturated rings. The molecule has 10 heteroatoms. The Morgan fingerprint density at radius 2 is 2.14 bits per heavy atom. The van der Waals surface area contributed by atoms with Crippen molar-refractivity contribution in [2.45, 2.75) is 34.7 Å². The molecule has 0 spiro atoms. The van der Waals surface area contributed by atoms with Gasteiger partial charge in [0.2, 0.25) is 10.0 Å². The highest BCUT2D eigenvalue weighted by Gasteiger charge is 2.39. The maximum atomic E-state index is 12.6. The van der Waals surface area contributed by atoms with Gasteiger partial charge in [-0.05, 0) is 19.0 Å². The summed E-state index contributed by atoms with van der Waals surface area (Å²) in [5, 5.41) is 8.32. The molecule has 0 radical (unpaired) electrons. The molecule has 2 rings (SSSR count). The standard InChI is InChI=1S/C11H19N3O4S3/c1-3-5-14-7-9(13-4-2)8-6-10(20(12,15)16)19-11(8)21(14,17)18/h6,9,13H,3-5,7H2,1-2H3,(H2,12,15,16)/t9-/m0/s1. The lowest BCUT2D eigenvalue weighted by Crippen LogP contribution is -2.43.